The second kappa shape index (κ2) is 8.50. The average Bonchev–Trinajstić information content (AvgIpc) is 3.42. The number of aromatic nitrogens is 6. The number of anilines is 1. The number of carbonyl (C=O) groups is 1. The van der Waals surface area contributed by atoms with E-state index in [2.05, 4.69) is 25.5 Å². The van der Waals surface area contributed by atoms with Crippen molar-refractivity contribution in [2.24, 2.45) is 0 Å². The molecule has 0 aliphatic heterocycles. The molecule has 10 heteroatoms. The van der Waals surface area contributed by atoms with Gasteiger partial charge < -0.3 is 10.1 Å². The van der Waals surface area contributed by atoms with Crippen LogP contribution in [0.5, 0.6) is 5.75 Å². The fraction of sp³-hybridized carbons (Fsp3) is 0.0870. The number of rotatable bonds is 6. The molecular formula is C23H18FN7O2. The summed E-state index contributed by atoms with van der Waals surface area (Å²) in [7, 11) is 0. The van der Waals surface area contributed by atoms with Gasteiger partial charge in [0.15, 0.2) is 18.1 Å². The summed E-state index contributed by atoms with van der Waals surface area (Å²) >= 11 is 0. The molecule has 0 radical (unpaired) electrons. The Hall–Kier alpha value is -4.60. The van der Waals surface area contributed by atoms with E-state index in [4.69, 9.17) is 4.74 Å². The first-order valence-electron chi connectivity index (χ1n) is 10.1. The van der Waals surface area contributed by atoms with Crippen LogP contribution < -0.4 is 10.1 Å². The van der Waals surface area contributed by atoms with Gasteiger partial charge in [0.25, 0.3) is 5.91 Å². The lowest BCUT2D eigenvalue weighted by atomic mass is 10.3. The maximum Gasteiger partial charge on any atom is 0.263 e. The summed E-state index contributed by atoms with van der Waals surface area (Å²) in [4.78, 5) is 21.3. The van der Waals surface area contributed by atoms with Gasteiger partial charge in [-0.25, -0.2) is 19.0 Å². The predicted molar refractivity (Wildman–Crippen MR) is 119 cm³/mol. The van der Waals surface area contributed by atoms with Crippen molar-refractivity contribution in [3.63, 3.8) is 0 Å². The Morgan fingerprint density at radius 3 is 2.64 bits per heavy atom. The second-order valence-corrected chi connectivity index (χ2v) is 7.20. The van der Waals surface area contributed by atoms with Crippen LogP contribution in [0.1, 0.15) is 5.69 Å². The van der Waals surface area contributed by atoms with E-state index in [-0.39, 0.29) is 12.4 Å². The molecule has 0 fully saturated rings. The summed E-state index contributed by atoms with van der Waals surface area (Å²) in [6.07, 6.45) is 3.09. The van der Waals surface area contributed by atoms with Crippen LogP contribution >= 0.6 is 0 Å². The summed E-state index contributed by atoms with van der Waals surface area (Å²) in [5.74, 6) is 0.517. The van der Waals surface area contributed by atoms with E-state index in [1.807, 2.05) is 37.3 Å². The first-order chi connectivity index (χ1) is 16.1. The molecule has 0 saturated carbocycles. The molecule has 0 unspecified atom stereocenters. The number of hydrogen-bond acceptors (Lipinski definition) is 6. The highest BCUT2D eigenvalue weighted by atomic mass is 19.1. The van der Waals surface area contributed by atoms with Crippen molar-refractivity contribution in [1.82, 2.24) is 29.5 Å². The summed E-state index contributed by atoms with van der Waals surface area (Å²) < 4.78 is 21.7. The van der Waals surface area contributed by atoms with Crippen molar-refractivity contribution in [3.05, 3.63) is 84.7 Å². The van der Waals surface area contributed by atoms with Gasteiger partial charge in [0, 0.05) is 6.07 Å². The van der Waals surface area contributed by atoms with Gasteiger partial charge in [-0.05, 0) is 43.3 Å². The van der Waals surface area contributed by atoms with E-state index >= 15 is 0 Å². The molecule has 164 valence electrons. The molecule has 5 aromatic rings. The lowest BCUT2D eigenvalue weighted by Gasteiger charge is -2.10. The maximum absolute atomic E-state index is 13.0. The fourth-order valence-electron chi connectivity index (χ4n) is 3.37. The van der Waals surface area contributed by atoms with Gasteiger partial charge in [-0.3, -0.25) is 4.79 Å². The van der Waals surface area contributed by atoms with Crippen molar-refractivity contribution in [3.8, 4) is 17.3 Å². The van der Waals surface area contributed by atoms with Crippen LogP contribution in [-0.2, 0) is 4.79 Å². The van der Waals surface area contributed by atoms with Crippen molar-refractivity contribution >= 4 is 22.8 Å². The number of carbonyl (C=O) groups excluding carboxylic acids is 1. The Bertz CT molecular complexity index is 1430. The Kier molecular flexibility index (Phi) is 5.23. The largest absolute Gasteiger partial charge is 0.484 e. The van der Waals surface area contributed by atoms with Gasteiger partial charge >= 0.3 is 0 Å². The zero-order valence-electron chi connectivity index (χ0n) is 17.5. The van der Waals surface area contributed by atoms with E-state index in [1.165, 1.54) is 35.3 Å². The molecule has 1 N–H and O–H groups in total. The van der Waals surface area contributed by atoms with Crippen molar-refractivity contribution < 1.29 is 13.9 Å². The van der Waals surface area contributed by atoms with Gasteiger partial charge in [0.2, 0.25) is 0 Å². The minimum atomic E-state index is -0.397. The molecule has 9 nitrogen and oxygen atoms in total. The molecule has 5 rings (SSSR count). The monoisotopic (exact) mass is 443 g/mol. The standard InChI is InChI=1S/C23H18FN7O2/c1-15-11-20(28-21(32)13-33-18-9-7-16(24)8-10-18)31(29-15)23-19-12-27-30(22(19)25-14-26-23)17-5-3-2-4-6-17/h2-12,14H,13H2,1H3,(H,28,32). The Labute approximate surface area is 187 Å². The lowest BCUT2D eigenvalue weighted by molar-refractivity contribution is -0.118. The molecule has 0 aliphatic carbocycles. The molecule has 33 heavy (non-hydrogen) atoms. The molecule has 0 atom stereocenters. The molecule has 0 bridgehead atoms. The van der Waals surface area contributed by atoms with Crippen molar-refractivity contribution in [2.75, 3.05) is 11.9 Å². The first kappa shape index (κ1) is 20.3. The highest BCUT2D eigenvalue weighted by Gasteiger charge is 2.17. The summed E-state index contributed by atoms with van der Waals surface area (Å²) in [6, 6.07) is 16.8. The number of nitrogens with one attached hydrogen (secondary N) is 1. The van der Waals surface area contributed by atoms with E-state index in [1.54, 1.807) is 16.9 Å². The zero-order valence-corrected chi connectivity index (χ0v) is 17.5. The van der Waals surface area contributed by atoms with Gasteiger partial charge in [-0.2, -0.15) is 14.9 Å². The van der Waals surface area contributed by atoms with Crippen LogP contribution in [-0.4, -0.2) is 42.0 Å². The number of para-hydroxylation sites is 1. The lowest BCUT2D eigenvalue weighted by Crippen LogP contribution is -2.22. The number of ether oxygens (including phenoxy) is 1. The van der Waals surface area contributed by atoms with Crippen LogP contribution in [0.2, 0.25) is 0 Å². The van der Waals surface area contributed by atoms with Crippen LogP contribution in [0.4, 0.5) is 10.2 Å². The minimum absolute atomic E-state index is 0.249. The predicted octanol–water partition coefficient (Wildman–Crippen LogP) is 3.47. The molecule has 2 aromatic carbocycles. The number of fused-ring (bicyclic) bond motifs is 1. The van der Waals surface area contributed by atoms with Gasteiger partial charge in [-0.1, -0.05) is 18.2 Å². The fourth-order valence-corrected chi connectivity index (χ4v) is 3.37. The highest BCUT2D eigenvalue weighted by molar-refractivity contribution is 5.92. The normalized spacial score (nSPS) is 11.0. The highest BCUT2D eigenvalue weighted by Crippen LogP contribution is 2.24. The number of hydrogen-bond donors (Lipinski definition) is 1. The molecule has 0 spiro atoms. The zero-order chi connectivity index (χ0) is 22.8. The number of benzene rings is 2. The number of aryl methyl sites for hydroxylation is 1. The van der Waals surface area contributed by atoms with E-state index in [9.17, 15) is 9.18 Å². The quantitative estimate of drug-likeness (QED) is 0.431. The van der Waals surface area contributed by atoms with Gasteiger partial charge in [0.05, 0.1) is 23.0 Å². The third-order valence-corrected chi connectivity index (χ3v) is 4.83. The molecule has 3 aromatic heterocycles. The van der Waals surface area contributed by atoms with Gasteiger partial charge in [0.1, 0.15) is 23.7 Å². The number of amides is 1. The third kappa shape index (κ3) is 4.13. The van der Waals surface area contributed by atoms with E-state index < -0.39 is 5.91 Å². The van der Waals surface area contributed by atoms with Crippen LogP contribution in [0.3, 0.4) is 0 Å². The summed E-state index contributed by atoms with van der Waals surface area (Å²) in [6.45, 7) is 1.56. The smallest absolute Gasteiger partial charge is 0.263 e. The van der Waals surface area contributed by atoms with Crippen molar-refractivity contribution in [1.29, 1.82) is 0 Å². The Balaban J connectivity index is 1.42. The number of nitrogens with zero attached hydrogens (tertiary/aromatic N) is 6. The third-order valence-electron chi connectivity index (χ3n) is 4.83. The maximum atomic E-state index is 13.0. The van der Waals surface area contributed by atoms with E-state index in [0.717, 1.165) is 5.69 Å². The Morgan fingerprint density at radius 1 is 1.06 bits per heavy atom. The second-order valence-electron chi connectivity index (χ2n) is 7.20. The van der Waals surface area contributed by atoms with Gasteiger partial charge in [-0.15, -0.1) is 0 Å². The molecule has 0 aliphatic rings. The SMILES string of the molecule is Cc1cc(NC(=O)COc2ccc(F)cc2)n(-c2ncnc3c2cnn3-c2ccccc2)n1. The molecule has 1 amide bonds. The first-order valence-corrected chi connectivity index (χ1v) is 10.1. The summed E-state index contributed by atoms with van der Waals surface area (Å²) in [5, 5.41) is 12.4. The van der Waals surface area contributed by atoms with Crippen LogP contribution in [0.15, 0.2) is 73.2 Å². The molecule has 0 saturated heterocycles. The van der Waals surface area contributed by atoms with Crippen LogP contribution in [0.25, 0.3) is 22.5 Å². The number of halogens is 1. The topological polar surface area (TPSA) is 99.7 Å². The average molecular weight is 443 g/mol. The van der Waals surface area contributed by atoms with Crippen molar-refractivity contribution in [2.45, 2.75) is 6.92 Å². The summed E-state index contributed by atoms with van der Waals surface area (Å²) in [5.41, 5.74) is 2.16. The Morgan fingerprint density at radius 2 is 1.85 bits per heavy atom. The molecule has 3 heterocycles. The van der Waals surface area contributed by atoms with E-state index in [0.29, 0.717) is 34.1 Å². The van der Waals surface area contributed by atoms with Crippen LogP contribution in [0, 0.1) is 12.7 Å². The minimum Gasteiger partial charge on any atom is -0.484 e. The molecular weight excluding hydrogens is 425 g/mol.